The molecular formula is C20H19N7O3. The number of nitrogens with two attached hydrogens (primary N) is 2. The second-order valence-electron chi connectivity index (χ2n) is 6.74. The lowest BCUT2D eigenvalue weighted by Crippen LogP contribution is -2.20. The number of para-hydroxylation sites is 1. The second-order valence-corrected chi connectivity index (χ2v) is 6.74. The molecule has 3 aromatic heterocycles. The van der Waals surface area contributed by atoms with Crippen molar-refractivity contribution in [3.8, 4) is 11.1 Å². The topological polar surface area (TPSA) is 156 Å². The lowest BCUT2D eigenvalue weighted by Gasteiger charge is -2.13. The number of pyridine rings is 1. The van der Waals surface area contributed by atoms with Gasteiger partial charge >= 0.3 is 0 Å². The Morgan fingerprint density at radius 3 is 2.57 bits per heavy atom. The van der Waals surface area contributed by atoms with Crippen LogP contribution in [0.2, 0.25) is 0 Å². The van der Waals surface area contributed by atoms with Crippen LogP contribution in [0.3, 0.4) is 0 Å². The van der Waals surface area contributed by atoms with Gasteiger partial charge in [-0.05, 0) is 13.0 Å². The summed E-state index contributed by atoms with van der Waals surface area (Å²) >= 11 is 0. The summed E-state index contributed by atoms with van der Waals surface area (Å²) < 4.78 is 6.80. The van der Waals surface area contributed by atoms with Crippen LogP contribution in [0.25, 0.3) is 22.0 Å². The summed E-state index contributed by atoms with van der Waals surface area (Å²) in [7, 11) is 0. The van der Waals surface area contributed by atoms with Gasteiger partial charge in [0.25, 0.3) is 5.91 Å². The van der Waals surface area contributed by atoms with E-state index in [1.54, 1.807) is 42.1 Å². The quantitative estimate of drug-likeness (QED) is 0.493. The third-order valence-corrected chi connectivity index (χ3v) is 4.71. The van der Waals surface area contributed by atoms with Crippen LogP contribution in [0, 0.1) is 6.92 Å². The van der Waals surface area contributed by atoms with Crippen molar-refractivity contribution in [2.24, 2.45) is 11.5 Å². The molecule has 0 aliphatic rings. The van der Waals surface area contributed by atoms with Gasteiger partial charge in [-0.2, -0.15) is 10.1 Å². The molecule has 0 atom stereocenters. The van der Waals surface area contributed by atoms with E-state index in [2.05, 4.69) is 20.2 Å². The minimum Gasteiger partial charge on any atom is -0.366 e. The second kappa shape index (κ2) is 7.39. The SMILES string of the molecule is CCc1noc(Cn2cc(-c3c(C(N)=O)nc4ccccc4c3C(N)=O)c(C)n2)n1. The molecular weight excluding hydrogens is 386 g/mol. The molecule has 3 heterocycles. The van der Waals surface area contributed by atoms with Gasteiger partial charge < -0.3 is 16.0 Å². The van der Waals surface area contributed by atoms with Crippen molar-refractivity contribution < 1.29 is 14.1 Å². The van der Waals surface area contributed by atoms with E-state index in [4.69, 9.17) is 16.0 Å². The molecule has 1 aromatic carbocycles. The van der Waals surface area contributed by atoms with Crippen molar-refractivity contribution in [2.75, 3.05) is 0 Å². The van der Waals surface area contributed by atoms with Crippen molar-refractivity contribution in [1.82, 2.24) is 24.9 Å². The average molecular weight is 405 g/mol. The Hall–Kier alpha value is -4.08. The van der Waals surface area contributed by atoms with E-state index in [1.807, 2.05) is 6.92 Å². The van der Waals surface area contributed by atoms with Crippen LogP contribution in [-0.4, -0.2) is 36.7 Å². The van der Waals surface area contributed by atoms with Crippen LogP contribution in [0.15, 0.2) is 35.0 Å². The number of fused-ring (bicyclic) bond motifs is 1. The van der Waals surface area contributed by atoms with Crippen LogP contribution in [0.1, 0.15) is 45.2 Å². The molecule has 0 fully saturated rings. The highest BCUT2D eigenvalue weighted by molar-refractivity contribution is 6.15. The van der Waals surface area contributed by atoms with Crippen molar-refractivity contribution in [3.05, 3.63) is 59.1 Å². The monoisotopic (exact) mass is 405 g/mol. The number of primary amides is 2. The van der Waals surface area contributed by atoms with Crippen molar-refractivity contribution in [1.29, 1.82) is 0 Å². The Labute approximate surface area is 170 Å². The van der Waals surface area contributed by atoms with E-state index in [9.17, 15) is 9.59 Å². The highest BCUT2D eigenvalue weighted by atomic mass is 16.5. The summed E-state index contributed by atoms with van der Waals surface area (Å²) in [5.41, 5.74) is 13.2. The van der Waals surface area contributed by atoms with Gasteiger partial charge in [0.1, 0.15) is 12.2 Å². The summed E-state index contributed by atoms with van der Waals surface area (Å²) in [6.07, 6.45) is 2.33. The zero-order valence-corrected chi connectivity index (χ0v) is 16.4. The Kier molecular flexibility index (Phi) is 4.74. The molecule has 4 rings (SSSR count). The third kappa shape index (κ3) is 3.28. The van der Waals surface area contributed by atoms with Crippen LogP contribution in [0.4, 0.5) is 0 Å². The number of rotatable bonds is 6. The maximum atomic E-state index is 12.4. The molecule has 0 bridgehead atoms. The molecule has 0 radical (unpaired) electrons. The molecule has 4 N–H and O–H groups in total. The molecule has 10 heteroatoms. The summed E-state index contributed by atoms with van der Waals surface area (Å²) in [6.45, 7) is 3.91. The molecule has 152 valence electrons. The fraction of sp³-hybridized carbons (Fsp3) is 0.200. The van der Waals surface area contributed by atoms with Crippen LogP contribution in [-0.2, 0) is 13.0 Å². The fourth-order valence-corrected chi connectivity index (χ4v) is 3.39. The molecule has 10 nitrogen and oxygen atoms in total. The zero-order valence-electron chi connectivity index (χ0n) is 16.4. The minimum absolute atomic E-state index is 0.0452. The minimum atomic E-state index is -0.769. The normalized spacial score (nSPS) is 11.1. The van der Waals surface area contributed by atoms with Gasteiger partial charge in [0.05, 0.1) is 16.8 Å². The van der Waals surface area contributed by atoms with Crippen molar-refractivity contribution in [2.45, 2.75) is 26.8 Å². The number of carbonyl (C=O) groups is 2. The molecule has 4 aromatic rings. The van der Waals surface area contributed by atoms with Gasteiger partial charge in [-0.25, -0.2) is 4.98 Å². The smallest absolute Gasteiger partial charge is 0.267 e. The molecule has 2 amide bonds. The van der Waals surface area contributed by atoms with Gasteiger partial charge in [-0.15, -0.1) is 0 Å². The maximum absolute atomic E-state index is 12.4. The predicted molar refractivity (Wildman–Crippen MR) is 108 cm³/mol. The molecule has 0 saturated heterocycles. The van der Waals surface area contributed by atoms with Gasteiger partial charge in [-0.1, -0.05) is 30.3 Å². The van der Waals surface area contributed by atoms with Crippen LogP contribution < -0.4 is 11.5 Å². The number of aromatic nitrogens is 5. The number of carbonyl (C=O) groups excluding carboxylic acids is 2. The van der Waals surface area contributed by atoms with Gasteiger partial charge in [-0.3, -0.25) is 14.3 Å². The first kappa shape index (κ1) is 19.2. The van der Waals surface area contributed by atoms with E-state index in [1.165, 1.54) is 0 Å². The average Bonchev–Trinajstić information content (AvgIpc) is 3.32. The Bertz CT molecular complexity index is 1290. The lowest BCUT2D eigenvalue weighted by molar-refractivity contribution is 0.0996. The summed E-state index contributed by atoms with van der Waals surface area (Å²) in [4.78, 5) is 33.3. The zero-order chi connectivity index (χ0) is 21.4. The Morgan fingerprint density at radius 2 is 1.90 bits per heavy atom. The summed E-state index contributed by atoms with van der Waals surface area (Å²) in [5.74, 6) is -0.472. The maximum Gasteiger partial charge on any atom is 0.267 e. The van der Waals surface area contributed by atoms with Crippen LogP contribution >= 0.6 is 0 Å². The number of benzene rings is 1. The first-order valence-corrected chi connectivity index (χ1v) is 9.27. The first-order valence-electron chi connectivity index (χ1n) is 9.27. The van der Waals surface area contributed by atoms with Crippen LogP contribution in [0.5, 0.6) is 0 Å². The molecule has 0 unspecified atom stereocenters. The van der Waals surface area contributed by atoms with E-state index in [-0.39, 0.29) is 23.4 Å². The highest BCUT2D eigenvalue weighted by Gasteiger charge is 2.25. The van der Waals surface area contributed by atoms with Gasteiger partial charge in [0, 0.05) is 29.1 Å². The molecule has 30 heavy (non-hydrogen) atoms. The molecule has 0 aliphatic heterocycles. The van der Waals surface area contributed by atoms with E-state index >= 15 is 0 Å². The number of hydrogen-bond acceptors (Lipinski definition) is 7. The van der Waals surface area contributed by atoms with Crippen molar-refractivity contribution >= 4 is 22.7 Å². The molecule has 0 aliphatic carbocycles. The number of amides is 2. The largest absolute Gasteiger partial charge is 0.366 e. The Balaban J connectivity index is 1.91. The van der Waals surface area contributed by atoms with E-state index < -0.39 is 11.8 Å². The standard InChI is InChI=1S/C20H19N7O3/c1-3-14-24-15(30-26-14)9-27-8-12(10(2)25-27)16-17(19(21)28)11-6-4-5-7-13(11)23-18(16)20(22)29/h4-8H,3,9H2,1-2H3,(H2,21,28)(H2,22,29). The third-order valence-electron chi connectivity index (χ3n) is 4.71. The fourth-order valence-electron chi connectivity index (χ4n) is 3.39. The highest BCUT2D eigenvalue weighted by Crippen LogP contribution is 2.33. The van der Waals surface area contributed by atoms with Crippen molar-refractivity contribution in [3.63, 3.8) is 0 Å². The summed E-state index contributed by atoms with van der Waals surface area (Å²) in [5, 5.41) is 8.85. The van der Waals surface area contributed by atoms with E-state index in [0.717, 1.165) is 0 Å². The van der Waals surface area contributed by atoms with E-state index in [0.29, 0.717) is 40.3 Å². The Morgan fingerprint density at radius 1 is 1.13 bits per heavy atom. The summed E-state index contributed by atoms with van der Waals surface area (Å²) in [6, 6.07) is 6.93. The van der Waals surface area contributed by atoms with Gasteiger partial charge in [0.2, 0.25) is 11.8 Å². The lowest BCUT2D eigenvalue weighted by atomic mass is 9.94. The molecule has 0 spiro atoms. The molecule has 0 saturated carbocycles. The van der Waals surface area contributed by atoms with Gasteiger partial charge in [0.15, 0.2) is 5.82 Å². The number of aryl methyl sites for hydroxylation is 2. The predicted octanol–water partition coefficient (Wildman–Crippen LogP) is 1.60. The number of hydrogen-bond donors (Lipinski definition) is 2. The first-order chi connectivity index (χ1) is 14.4. The number of nitrogens with zero attached hydrogens (tertiary/aromatic N) is 5.